The summed E-state index contributed by atoms with van der Waals surface area (Å²) in [5, 5.41) is -0.220. The summed E-state index contributed by atoms with van der Waals surface area (Å²) in [6.45, 7) is 6.00. The molecule has 0 saturated heterocycles. The zero-order valence-electron chi connectivity index (χ0n) is 11.8. The summed E-state index contributed by atoms with van der Waals surface area (Å²) < 4.78 is 40.7. The third-order valence-electron chi connectivity index (χ3n) is 2.53. The zero-order valence-corrected chi connectivity index (χ0v) is 12.6. The number of hydrogen-bond acceptors (Lipinski definition) is 3. The van der Waals surface area contributed by atoms with Crippen molar-refractivity contribution >= 4 is 17.7 Å². The van der Waals surface area contributed by atoms with Gasteiger partial charge in [0, 0.05) is 6.42 Å². The average molecular weight is 300 g/mol. The molecular weight excluding hydrogens is 277 g/mol. The predicted molar refractivity (Wildman–Crippen MR) is 72.2 cm³/mol. The second kappa shape index (κ2) is 9.50. The van der Waals surface area contributed by atoms with Crippen molar-refractivity contribution < 1.29 is 22.7 Å². The smallest absolute Gasteiger partial charge is 0.389 e. The van der Waals surface area contributed by atoms with Gasteiger partial charge >= 0.3 is 12.1 Å². The Hall–Kier alpha value is -0.390. The molecule has 0 spiro atoms. The van der Waals surface area contributed by atoms with Gasteiger partial charge in [-0.1, -0.05) is 20.3 Å². The number of unbranched alkanes of at least 4 members (excludes halogenated alkanes) is 2. The average Bonchev–Trinajstić information content (AvgIpc) is 2.26. The van der Waals surface area contributed by atoms with E-state index in [1.165, 1.54) is 11.8 Å². The number of carbonyl (C=O) groups excluding carboxylic acids is 1. The topological polar surface area (TPSA) is 26.3 Å². The van der Waals surface area contributed by atoms with E-state index in [2.05, 4.69) is 0 Å². The van der Waals surface area contributed by atoms with E-state index < -0.39 is 12.6 Å². The lowest BCUT2D eigenvalue weighted by Gasteiger charge is -2.18. The van der Waals surface area contributed by atoms with Crippen molar-refractivity contribution in [3.63, 3.8) is 0 Å². The van der Waals surface area contributed by atoms with Crippen LogP contribution in [0.25, 0.3) is 0 Å². The highest BCUT2D eigenvalue weighted by atomic mass is 32.2. The highest BCUT2D eigenvalue weighted by molar-refractivity contribution is 8.00. The van der Waals surface area contributed by atoms with Gasteiger partial charge in [-0.25, -0.2) is 0 Å². The Morgan fingerprint density at radius 3 is 2.32 bits per heavy atom. The molecule has 0 rings (SSSR count). The van der Waals surface area contributed by atoms with Crippen LogP contribution in [0.1, 0.15) is 46.5 Å². The largest absolute Gasteiger partial charge is 0.465 e. The molecule has 1 unspecified atom stereocenters. The van der Waals surface area contributed by atoms with Crippen molar-refractivity contribution in [1.82, 2.24) is 0 Å². The number of esters is 1. The number of hydrogen-bond donors (Lipinski definition) is 0. The molecule has 114 valence electrons. The van der Waals surface area contributed by atoms with E-state index in [9.17, 15) is 18.0 Å². The van der Waals surface area contributed by atoms with Gasteiger partial charge in [0.15, 0.2) is 0 Å². The quantitative estimate of drug-likeness (QED) is 0.465. The van der Waals surface area contributed by atoms with Gasteiger partial charge in [0.2, 0.25) is 0 Å². The van der Waals surface area contributed by atoms with Crippen molar-refractivity contribution in [2.75, 3.05) is 12.4 Å². The lowest BCUT2D eigenvalue weighted by Crippen LogP contribution is -2.26. The summed E-state index contributed by atoms with van der Waals surface area (Å²) in [6.07, 6.45) is -3.37. The van der Waals surface area contributed by atoms with Crippen molar-refractivity contribution in [2.45, 2.75) is 57.9 Å². The Morgan fingerprint density at radius 2 is 1.84 bits per heavy atom. The van der Waals surface area contributed by atoms with Gasteiger partial charge in [0.1, 0.15) is 5.25 Å². The van der Waals surface area contributed by atoms with Gasteiger partial charge in [-0.15, -0.1) is 11.8 Å². The molecule has 2 nitrogen and oxygen atoms in total. The molecule has 0 radical (unpaired) electrons. The molecule has 0 heterocycles. The number of rotatable bonds is 9. The Labute approximate surface area is 117 Å². The second-order valence-corrected chi connectivity index (χ2v) is 5.96. The van der Waals surface area contributed by atoms with Gasteiger partial charge in [-0.05, 0) is 31.4 Å². The van der Waals surface area contributed by atoms with Gasteiger partial charge in [-0.2, -0.15) is 13.2 Å². The van der Waals surface area contributed by atoms with Crippen molar-refractivity contribution in [3.8, 4) is 0 Å². The normalized spacial score (nSPS) is 13.6. The summed E-state index contributed by atoms with van der Waals surface area (Å²) >= 11 is 1.48. The Balaban J connectivity index is 3.80. The van der Waals surface area contributed by atoms with E-state index in [0.717, 1.165) is 0 Å². The molecule has 0 fully saturated rings. The van der Waals surface area contributed by atoms with Crippen LogP contribution in [-0.2, 0) is 9.53 Å². The summed E-state index contributed by atoms with van der Waals surface area (Å²) in [4.78, 5) is 11.6. The zero-order chi connectivity index (χ0) is 14.9. The van der Waals surface area contributed by atoms with Gasteiger partial charge < -0.3 is 4.74 Å². The van der Waals surface area contributed by atoms with E-state index in [-0.39, 0.29) is 23.6 Å². The third kappa shape index (κ3) is 10.1. The fourth-order valence-corrected chi connectivity index (χ4v) is 2.79. The van der Waals surface area contributed by atoms with Crippen LogP contribution in [0, 0.1) is 5.92 Å². The van der Waals surface area contributed by atoms with Crippen LogP contribution in [0.5, 0.6) is 0 Å². The standard InChI is InChI=1S/C13H23F3O2S/c1-4-18-12(17)11(10(2)3)19-9-7-5-6-8-13(14,15)16/h10-11H,4-9H2,1-3H3. The molecule has 0 aromatic rings. The molecule has 0 amide bonds. The van der Waals surface area contributed by atoms with E-state index in [1.54, 1.807) is 6.92 Å². The molecule has 0 saturated carbocycles. The molecular formula is C13H23F3O2S. The number of carbonyl (C=O) groups is 1. The summed E-state index contributed by atoms with van der Waals surface area (Å²) in [5.74, 6) is 0.636. The maximum atomic E-state index is 11.9. The highest BCUT2D eigenvalue weighted by Gasteiger charge is 2.26. The molecule has 0 aliphatic heterocycles. The second-order valence-electron chi connectivity index (χ2n) is 4.71. The number of ether oxygens (including phenoxy) is 1. The first kappa shape index (κ1) is 18.6. The minimum absolute atomic E-state index is 0.163. The molecule has 0 aliphatic carbocycles. The Bertz CT molecular complexity index is 255. The van der Waals surface area contributed by atoms with Crippen LogP contribution in [0.15, 0.2) is 0 Å². The van der Waals surface area contributed by atoms with E-state index in [0.29, 0.717) is 25.2 Å². The van der Waals surface area contributed by atoms with Crippen LogP contribution in [0.2, 0.25) is 0 Å². The number of alkyl halides is 3. The van der Waals surface area contributed by atoms with E-state index in [4.69, 9.17) is 4.74 Å². The van der Waals surface area contributed by atoms with Crippen LogP contribution in [0.4, 0.5) is 13.2 Å². The van der Waals surface area contributed by atoms with E-state index in [1.807, 2.05) is 13.8 Å². The SMILES string of the molecule is CCOC(=O)C(SCCCCCC(F)(F)F)C(C)C. The maximum absolute atomic E-state index is 11.9. The summed E-state index contributed by atoms with van der Waals surface area (Å²) in [6, 6.07) is 0. The van der Waals surface area contributed by atoms with Crippen LogP contribution >= 0.6 is 11.8 Å². The van der Waals surface area contributed by atoms with Crippen LogP contribution in [-0.4, -0.2) is 29.8 Å². The molecule has 0 aliphatic rings. The molecule has 0 N–H and O–H groups in total. The Morgan fingerprint density at radius 1 is 1.21 bits per heavy atom. The summed E-state index contributed by atoms with van der Waals surface area (Å²) in [7, 11) is 0. The number of halogens is 3. The van der Waals surface area contributed by atoms with Crippen molar-refractivity contribution in [2.24, 2.45) is 5.92 Å². The van der Waals surface area contributed by atoms with Crippen LogP contribution < -0.4 is 0 Å². The monoisotopic (exact) mass is 300 g/mol. The van der Waals surface area contributed by atoms with Gasteiger partial charge in [-0.3, -0.25) is 4.79 Å². The predicted octanol–water partition coefficient (Wildman–Crippen LogP) is 4.43. The third-order valence-corrected chi connectivity index (χ3v) is 4.15. The molecule has 0 aromatic carbocycles. The fraction of sp³-hybridized carbons (Fsp3) is 0.923. The van der Waals surface area contributed by atoms with Crippen molar-refractivity contribution in [3.05, 3.63) is 0 Å². The maximum Gasteiger partial charge on any atom is 0.389 e. The fourth-order valence-electron chi connectivity index (χ4n) is 1.57. The first-order valence-corrected chi connectivity index (χ1v) is 7.67. The molecule has 0 aromatic heterocycles. The molecule has 0 bridgehead atoms. The minimum Gasteiger partial charge on any atom is -0.465 e. The van der Waals surface area contributed by atoms with Gasteiger partial charge in [0.05, 0.1) is 6.61 Å². The lowest BCUT2D eigenvalue weighted by molar-refractivity contribution is -0.143. The summed E-state index contributed by atoms with van der Waals surface area (Å²) in [5.41, 5.74) is 0. The Kier molecular flexibility index (Phi) is 9.31. The molecule has 6 heteroatoms. The van der Waals surface area contributed by atoms with Crippen LogP contribution in [0.3, 0.4) is 0 Å². The first-order valence-electron chi connectivity index (χ1n) is 6.63. The molecule has 1 atom stereocenters. The molecule has 19 heavy (non-hydrogen) atoms. The highest BCUT2D eigenvalue weighted by Crippen LogP contribution is 2.25. The minimum atomic E-state index is -4.06. The lowest BCUT2D eigenvalue weighted by atomic mass is 10.1. The first-order chi connectivity index (χ1) is 8.78. The van der Waals surface area contributed by atoms with E-state index >= 15 is 0 Å². The van der Waals surface area contributed by atoms with Gasteiger partial charge in [0.25, 0.3) is 0 Å². The number of thioether (sulfide) groups is 1. The van der Waals surface area contributed by atoms with Crippen molar-refractivity contribution in [1.29, 1.82) is 0 Å².